The van der Waals surface area contributed by atoms with Gasteiger partial charge >= 0.3 is 5.97 Å². The molecule has 1 rings (SSSR count). The maximum absolute atomic E-state index is 10.9. The van der Waals surface area contributed by atoms with Crippen LogP contribution in [0.25, 0.3) is 0 Å². The van der Waals surface area contributed by atoms with E-state index in [9.17, 15) is 4.79 Å². The maximum atomic E-state index is 10.9. The van der Waals surface area contributed by atoms with E-state index in [0.29, 0.717) is 0 Å². The van der Waals surface area contributed by atoms with Crippen LogP contribution in [0.15, 0.2) is 23.8 Å². The van der Waals surface area contributed by atoms with E-state index in [4.69, 9.17) is 10.2 Å². The normalized spacial score (nSPS) is 20.1. The van der Waals surface area contributed by atoms with Crippen molar-refractivity contribution < 1.29 is 19.7 Å². The fraction of sp³-hybridized carbons (Fsp3) is 0.375. The summed E-state index contributed by atoms with van der Waals surface area (Å²) in [6.45, 7) is 0. The van der Waals surface area contributed by atoms with Crippen LogP contribution in [0, 0.1) is 0 Å². The third-order valence-corrected chi connectivity index (χ3v) is 1.56. The third kappa shape index (κ3) is 1.93. The molecule has 0 saturated carbocycles. The predicted molar refractivity (Wildman–Crippen MR) is 41.0 cm³/mol. The first-order chi connectivity index (χ1) is 5.55. The van der Waals surface area contributed by atoms with Crippen molar-refractivity contribution in [3.63, 3.8) is 0 Å². The molecule has 0 aromatic heterocycles. The van der Waals surface area contributed by atoms with Crippen molar-refractivity contribution in [3.8, 4) is 0 Å². The number of allylic oxidation sites excluding steroid dienone is 2. The summed E-state index contributed by atoms with van der Waals surface area (Å²) in [6.07, 6.45) is 3.99. The first-order valence-electron chi connectivity index (χ1n) is 3.46. The topological polar surface area (TPSA) is 66.8 Å². The zero-order valence-corrected chi connectivity index (χ0v) is 6.65. The molecular weight excluding hydrogens is 160 g/mol. The van der Waals surface area contributed by atoms with Gasteiger partial charge in [0.15, 0.2) is 5.79 Å². The smallest absolute Gasteiger partial charge is 0.333 e. The van der Waals surface area contributed by atoms with E-state index in [1.165, 1.54) is 25.3 Å². The molecule has 0 unspecified atom stereocenters. The van der Waals surface area contributed by atoms with E-state index < -0.39 is 11.8 Å². The third-order valence-electron chi connectivity index (χ3n) is 1.56. The van der Waals surface area contributed by atoms with Gasteiger partial charge in [0.1, 0.15) is 0 Å². The molecule has 66 valence electrons. The van der Waals surface area contributed by atoms with E-state index in [1.54, 1.807) is 0 Å². The van der Waals surface area contributed by atoms with Crippen LogP contribution >= 0.6 is 0 Å². The molecular formula is C8H10O4. The number of methoxy groups -OCH3 is 1. The zero-order chi connectivity index (χ0) is 9.19. The van der Waals surface area contributed by atoms with E-state index >= 15 is 0 Å². The van der Waals surface area contributed by atoms with E-state index in [2.05, 4.69) is 4.74 Å². The minimum atomic E-state index is -1.92. The summed E-state index contributed by atoms with van der Waals surface area (Å²) in [5.74, 6) is -2.45. The molecule has 0 atom stereocenters. The Balaban J connectivity index is 2.76. The van der Waals surface area contributed by atoms with Crippen LogP contribution < -0.4 is 0 Å². The lowest BCUT2D eigenvalue weighted by atomic mass is 10.00. The fourth-order valence-corrected chi connectivity index (χ4v) is 0.988. The van der Waals surface area contributed by atoms with E-state index in [1.807, 2.05) is 0 Å². The SMILES string of the molecule is COC(=O)C1=CC=CC(O)(O)C1. The summed E-state index contributed by atoms with van der Waals surface area (Å²) >= 11 is 0. The largest absolute Gasteiger partial charge is 0.466 e. The molecule has 0 aromatic carbocycles. The Kier molecular flexibility index (Phi) is 2.30. The van der Waals surface area contributed by atoms with Gasteiger partial charge in [0.05, 0.1) is 7.11 Å². The maximum Gasteiger partial charge on any atom is 0.333 e. The number of rotatable bonds is 1. The molecule has 0 fully saturated rings. The number of hydrogen-bond donors (Lipinski definition) is 2. The molecule has 0 saturated heterocycles. The molecule has 1 aliphatic rings. The molecule has 2 N–H and O–H groups in total. The summed E-state index contributed by atoms with van der Waals surface area (Å²) in [5, 5.41) is 18.2. The van der Waals surface area contributed by atoms with Gasteiger partial charge in [0.25, 0.3) is 0 Å². The molecule has 0 heterocycles. The minimum Gasteiger partial charge on any atom is -0.466 e. The molecule has 1 aliphatic carbocycles. The lowest BCUT2D eigenvalue weighted by Gasteiger charge is -2.20. The van der Waals surface area contributed by atoms with Crippen molar-refractivity contribution in [1.82, 2.24) is 0 Å². The van der Waals surface area contributed by atoms with Gasteiger partial charge in [0, 0.05) is 12.0 Å². The van der Waals surface area contributed by atoms with E-state index in [-0.39, 0.29) is 12.0 Å². The van der Waals surface area contributed by atoms with Crippen LogP contribution in [0.5, 0.6) is 0 Å². The quantitative estimate of drug-likeness (QED) is 0.420. The van der Waals surface area contributed by atoms with Crippen molar-refractivity contribution in [2.24, 2.45) is 0 Å². The zero-order valence-electron chi connectivity index (χ0n) is 6.65. The van der Waals surface area contributed by atoms with Crippen molar-refractivity contribution in [1.29, 1.82) is 0 Å². The lowest BCUT2D eigenvalue weighted by Crippen LogP contribution is -2.29. The molecule has 12 heavy (non-hydrogen) atoms. The van der Waals surface area contributed by atoms with Crippen LogP contribution in [0.4, 0.5) is 0 Å². The molecule has 4 heteroatoms. The number of aliphatic hydroxyl groups is 2. The Hall–Kier alpha value is -1.13. The van der Waals surface area contributed by atoms with Gasteiger partial charge in [-0.15, -0.1) is 0 Å². The van der Waals surface area contributed by atoms with Crippen LogP contribution in [-0.4, -0.2) is 29.1 Å². The van der Waals surface area contributed by atoms with Crippen LogP contribution in [0.2, 0.25) is 0 Å². The minimum absolute atomic E-state index is 0.129. The molecule has 0 amide bonds. The summed E-state index contributed by atoms with van der Waals surface area (Å²) in [6, 6.07) is 0. The summed E-state index contributed by atoms with van der Waals surface area (Å²) < 4.78 is 4.42. The standard InChI is InChI=1S/C8H10O4/c1-12-7(9)6-3-2-4-8(10,11)5-6/h2-4,10-11H,5H2,1H3. The highest BCUT2D eigenvalue weighted by atomic mass is 16.5. The predicted octanol–water partition coefficient (Wildman–Crippen LogP) is -0.273. The molecule has 0 aliphatic heterocycles. The van der Waals surface area contributed by atoms with Gasteiger partial charge in [-0.05, 0) is 6.08 Å². The molecule has 0 radical (unpaired) electrons. The highest BCUT2D eigenvalue weighted by Crippen LogP contribution is 2.20. The van der Waals surface area contributed by atoms with Crippen molar-refractivity contribution in [2.45, 2.75) is 12.2 Å². The van der Waals surface area contributed by atoms with Gasteiger partial charge in [-0.25, -0.2) is 4.79 Å². The second kappa shape index (κ2) is 3.08. The summed E-state index contributed by atoms with van der Waals surface area (Å²) in [4.78, 5) is 10.9. The summed E-state index contributed by atoms with van der Waals surface area (Å²) in [5.41, 5.74) is 0.255. The Bertz CT molecular complexity index is 250. The van der Waals surface area contributed by atoms with E-state index in [0.717, 1.165) is 0 Å². The van der Waals surface area contributed by atoms with Crippen molar-refractivity contribution >= 4 is 5.97 Å². The second-order valence-electron chi connectivity index (χ2n) is 2.60. The Morgan fingerprint density at radius 1 is 1.67 bits per heavy atom. The monoisotopic (exact) mass is 170 g/mol. The lowest BCUT2D eigenvalue weighted by molar-refractivity contribution is -0.142. The molecule has 4 nitrogen and oxygen atoms in total. The van der Waals surface area contributed by atoms with Crippen LogP contribution in [0.1, 0.15) is 6.42 Å². The number of carbonyl (C=O) groups excluding carboxylic acids is 1. The van der Waals surface area contributed by atoms with Gasteiger partial charge in [-0.3, -0.25) is 0 Å². The first kappa shape index (κ1) is 8.96. The molecule has 0 bridgehead atoms. The number of carbonyl (C=O) groups is 1. The van der Waals surface area contributed by atoms with Crippen LogP contribution in [-0.2, 0) is 9.53 Å². The van der Waals surface area contributed by atoms with Gasteiger partial charge < -0.3 is 14.9 Å². The summed E-state index contributed by atoms with van der Waals surface area (Å²) in [7, 11) is 1.25. The van der Waals surface area contributed by atoms with Gasteiger partial charge in [0.2, 0.25) is 0 Å². The average Bonchev–Trinajstić information content (AvgIpc) is 2.01. The number of esters is 1. The highest BCUT2D eigenvalue weighted by Gasteiger charge is 2.26. The average molecular weight is 170 g/mol. The fourth-order valence-electron chi connectivity index (χ4n) is 0.988. The first-order valence-corrected chi connectivity index (χ1v) is 3.46. The van der Waals surface area contributed by atoms with Gasteiger partial charge in [-0.2, -0.15) is 0 Å². The molecule has 0 spiro atoms. The number of ether oxygens (including phenoxy) is 1. The Morgan fingerprint density at radius 3 is 2.83 bits per heavy atom. The van der Waals surface area contributed by atoms with Crippen molar-refractivity contribution in [2.75, 3.05) is 7.11 Å². The Morgan fingerprint density at radius 2 is 2.33 bits per heavy atom. The van der Waals surface area contributed by atoms with Crippen LogP contribution in [0.3, 0.4) is 0 Å². The highest BCUT2D eigenvalue weighted by molar-refractivity contribution is 5.89. The van der Waals surface area contributed by atoms with Gasteiger partial charge in [-0.1, -0.05) is 12.2 Å². The number of hydrogen-bond acceptors (Lipinski definition) is 4. The van der Waals surface area contributed by atoms with Crippen molar-refractivity contribution in [3.05, 3.63) is 23.8 Å². The second-order valence-corrected chi connectivity index (χ2v) is 2.60. The molecule has 0 aromatic rings. The Labute approximate surface area is 69.8 Å².